The number of carbonyl (C=O) groups is 3. The number of hydrogen-bond acceptors (Lipinski definition) is 6. The van der Waals surface area contributed by atoms with Crippen LogP contribution in [-0.4, -0.2) is 73.5 Å². The van der Waals surface area contributed by atoms with Crippen LogP contribution in [0, 0.1) is 0 Å². The van der Waals surface area contributed by atoms with Crippen LogP contribution in [0.2, 0.25) is 0 Å². The van der Waals surface area contributed by atoms with Crippen molar-refractivity contribution in [3.8, 4) is 5.75 Å². The van der Waals surface area contributed by atoms with Crippen molar-refractivity contribution in [2.24, 2.45) is 0 Å². The molecule has 1 aliphatic heterocycles. The van der Waals surface area contributed by atoms with Gasteiger partial charge in [0.1, 0.15) is 12.3 Å². The highest BCUT2D eigenvalue weighted by Crippen LogP contribution is 2.12. The molecule has 8 heteroatoms. The number of nitrogens with zero attached hydrogens (tertiary/aromatic N) is 2. The Balaban J connectivity index is 1.33. The molecule has 32 heavy (non-hydrogen) atoms. The van der Waals surface area contributed by atoms with Crippen LogP contribution in [0.25, 0.3) is 0 Å². The summed E-state index contributed by atoms with van der Waals surface area (Å²) in [5.41, 5.74) is 1.65. The van der Waals surface area contributed by atoms with Crippen LogP contribution >= 0.6 is 0 Å². The maximum atomic E-state index is 12.3. The van der Waals surface area contributed by atoms with E-state index in [0.717, 1.165) is 19.6 Å². The van der Waals surface area contributed by atoms with E-state index in [0.29, 0.717) is 31.0 Å². The number of ether oxygens (including phenoxy) is 2. The molecule has 170 valence electrons. The summed E-state index contributed by atoms with van der Waals surface area (Å²) >= 11 is 0. The van der Waals surface area contributed by atoms with Gasteiger partial charge in [-0.25, -0.2) is 0 Å². The topological polar surface area (TPSA) is 88.2 Å². The van der Waals surface area contributed by atoms with Crippen LogP contribution in [0.1, 0.15) is 22.8 Å². The summed E-state index contributed by atoms with van der Waals surface area (Å²) in [6, 6.07) is 16.8. The summed E-state index contributed by atoms with van der Waals surface area (Å²) < 4.78 is 10.4. The van der Waals surface area contributed by atoms with Crippen molar-refractivity contribution in [1.29, 1.82) is 0 Å². The van der Waals surface area contributed by atoms with Crippen LogP contribution in [0.5, 0.6) is 5.75 Å². The molecule has 0 radical (unpaired) electrons. The number of piperazine rings is 1. The van der Waals surface area contributed by atoms with Gasteiger partial charge in [0.2, 0.25) is 0 Å². The van der Waals surface area contributed by atoms with E-state index in [2.05, 4.69) is 22.3 Å². The predicted molar refractivity (Wildman–Crippen MR) is 119 cm³/mol. The molecule has 3 rings (SSSR count). The van der Waals surface area contributed by atoms with Crippen LogP contribution in [0.4, 0.5) is 0 Å². The second kappa shape index (κ2) is 11.9. The van der Waals surface area contributed by atoms with Gasteiger partial charge in [-0.15, -0.1) is 0 Å². The average Bonchev–Trinajstić information content (AvgIpc) is 2.83. The van der Waals surface area contributed by atoms with E-state index in [9.17, 15) is 14.4 Å². The van der Waals surface area contributed by atoms with Crippen LogP contribution in [-0.2, 0) is 20.9 Å². The minimum atomic E-state index is -0.652. The monoisotopic (exact) mass is 439 g/mol. The lowest BCUT2D eigenvalue weighted by Gasteiger charge is -2.34. The summed E-state index contributed by atoms with van der Waals surface area (Å²) in [4.78, 5) is 40.4. The summed E-state index contributed by atoms with van der Waals surface area (Å²) in [5.74, 6) is -0.607. The minimum Gasteiger partial charge on any atom is -0.494 e. The Morgan fingerprint density at radius 2 is 1.62 bits per heavy atom. The number of benzene rings is 2. The van der Waals surface area contributed by atoms with E-state index in [1.54, 1.807) is 29.2 Å². The standard InChI is InChI=1S/C24H29N3O5/c1-2-31-21-10-8-20(9-11-21)24(30)25-16-23(29)32-18-22(28)27-14-12-26(13-15-27)17-19-6-4-3-5-7-19/h3-11H,2,12-18H2,1H3,(H,25,30). The third-order valence-corrected chi connectivity index (χ3v) is 5.15. The summed E-state index contributed by atoms with van der Waals surface area (Å²) in [7, 11) is 0. The van der Waals surface area contributed by atoms with Crippen molar-refractivity contribution in [3.63, 3.8) is 0 Å². The highest BCUT2D eigenvalue weighted by Gasteiger charge is 2.22. The van der Waals surface area contributed by atoms with Gasteiger partial charge in [-0.1, -0.05) is 30.3 Å². The molecule has 0 bridgehead atoms. The number of esters is 1. The van der Waals surface area contributed by atoms with Crippen molar-refractivity contribution in [2.75, 3.05) is 45.9 Å². The van der Waals surface area contributed by atoms with Crippen molar-refractivity contribution in [1.82, 2.24) is 15.1 Å². The quantitative estimate of drug-likeness (QED) is 0.599. The van der Waals surface area contributed by atoms with E-state index in [1.807, 2.05) is 25.1 Å². The second-order valence-corrected chi connectivity index (χ2v) is 7.44. The molecule has 1 heterocycles. The molecule has 1 saturated heterocycles. The minimum absolute atomic E-state index is 0.226. The number of amides is 2. The third-order valence-electron chi connectivity index (χ3n) is 5.15. The summed E-state index contributed by atoms with van der Waals surface area (Å²) in [5, 5.41) is 2.50. The van der Waals surface area contributed by atoms with Crippen molar-refractivity contribution >= 4 is 17.8 Å². The summed E-state index contributed by atoms with van der Waals surface area (Å²) in [6.07, 6.45) is 0. The van der Waals surface area contributed by atoms with E-state index < -0.39 is 11.9 Å². The number of hydrogen-bond donors (Lipinski definition) is 1. The van der Waals surface area contributed by atoms with Crippen LogP contribution in [0.3, 0.4) is 0 Å². The molecular formula is C24H29N3O5. The fourth-order valence-corrected chi connectivity index (χ4v) is 3.41. The molecule has 1 N–H and O–H groups in total. The van der Waals surface area contributed by atoms with Crippen molar-refractivity contribution in [2.45, 2.75) is 13.5 Å². The van der Waals surface area contributed by atoms with Gasteiger partial charge in [0.05, 0.1) is 6.61 Å². The van der Waals surface area contributed by atoms with Gasteiger partial charge in [-0.2, -0.15) is 0 Å². The first-order valence-corrected chi connectivity index (χ1v) is 10.8. The van der Waals surface area contributed by atoms with Gasteiger partial charge < -0.3 is 19.7 Å². The molecule has 2 aromatic carbocycles. The van der Waals surface area contributed by atoms with Crippen molar-refractivity contribution in [3.05, 3.63) is 65.7 Å². The molecule has 2 amide bonds. The second-order valence-electron chi connectivity index (χ2n) is 7.44. The molecule has 1 aliphatic rings. The molecule has 0 saturated carbocycles. The normalized spacial score (nSPS) is 14.0. The number of carbonyl (C=O) groups excluding carboxylic acids is 3. The highest BCUT2D eigenvalue weighted by atomic mass is 16.5. The Morgan fingerprint density at radius 3 is 2.28 bits per heavy atom. The summed E-state index contributed by atoms with van der Waals surface area (Å²) in [6.45, 7) is 5.38. The Morgan fingerprint density at radius 1 is 0.938 bits per heavy atom. The lowest BCUT2D eigenvalue weighted by atomic mass is 10.2. The predicted octanol–water partition coefficient (Wildman–Crippen LogP) is 1.70. The first-order chi connectivity index (χ1) is 15.5. The molecule has 8 nitrogen and oxygen atoms in total. The maximum Gasteiger partial charge on any atom is 0.325 e. The van der Waals surface area contributed by atoms with E-state index in [-0.39, 0.29) is 19.1 Å². The van der Waals surface area contributed by atoms with E-state index >= 15 is 0 Å². The highest BCUT2D eigenvalue weighted by molar-refractivity contribution is 5.96. The fourth-order valence-electron chi connectivity index (χ4n) is 3.41. The Bertz CT molecular complexity index is 894. The van der Waals surface area contributed by atoms with E-state index in [1.165, 1.54) is 5.56 Å². The Kier molecular flexibility index (Phi) is 8.62. The number of nitrogens with one attached hydrogen (secondary N) is 1. The SMILES string of the molecule is CCOc1ccc(C(=O)NCC(=O)OCC(=O)N2CCN(Cc3ccccc3)CC2)cc1. The van der Waals surface area contributed by atoms with Crippen LogP contribution in [0.15, 0.2) is 54.6 Å². The van der Waals surface area contributed by atoms with E-state index in [4.69, 9.17) is 9.47 Å². The maximum absolute atomic E-state index is 12.3. The first kappa shape index (κ1) is 23.3. The van der Waals surface area contributed by atoms with Gasteiger partial charge in [0.25, 0.3) is 11.8 Å². The van der Waals surface area contributed by atoms with Crippen LogP contribution < -0.4 is 10.1 Å². The van der Waals surface area contributed by atoms with Gasteiger partial charge in [0, 0.05) is 38.3 Å². The zero-order valence-electron chi connectivity index (χ0n) is 18.3. The molecule has 0 aliphatic carbocycles. The molecular weight excluding hydrogens is 410 g/mol. The first-order valence-electron chi connectivity index (χ1n) is 10.8. The molecule has 0 aromatic heterocycles. The van der Waals surface area contributed by atoms with Gasteiger partial charge >= 0.3 is 5.97 Å². The van der Waals surface area contributed by atoms with Crippen molar-refractivity contribution < 1.29 is 23.9 Å². The zero-order valence-corrected chi connectivity index (χ0v) is 18.3. The number of rotatable bonds is 9. The molecule has 2 aromatic rings. The van der Waals surface area contributed by atoms with Gasteiger partial charge in [0.15, 0.2) is 6.61 Å². The Hall–Kier alpha value is -3.39. The molecule has 0 unspecified atom stereocenters. The largest absolute Gasteiger partial charge is 0.494 e. The molecule has 0 atom stereocenters. The average molecular weight is 440 g/mol. The lowest BCUT2D eigenvalue weighted by Crippen LogP contribution is -2.49. The molecule has 0 spiro atoms. The lowest BCUT2D eigenvalue weighted by molar-refractivity contribution is -0.151. The Labute approximate surface area is 188 Å². The smallest absolute Gasteiger partial charge is 0.325 e. The van der Waals surface area contributed by atoms with Gasteiger partial charge in [-0.05, 0) is 36.8 Å². The zero-order chi connectivity index (χ0) is 22.8. The fraction of sp³-hybridized carbons (Fsp3) is 0.375. The van der Waals surface area contributed by atoms with Gasteiger partial charge in [-0.3, -0.25) is 19.3 Å². The third kappa shape index (κ3) is 7.09. The molecule has 1 fully saturated rings.